The molecule has 21 heavy (non-hydrogen) atoms. The van der Waals surface area contributed by atoms with Crippen LogP contribution in [0.2, 0.25) is 0 Å². The van der Waals surface area contributed by atoms with Gasteiger partial charge in [-0.25, -0.2) is 0 Å². The summed E-state index contributed by atoms with van der Waals surface area (Å²) in [5, 5.41) is 0.262. The van der Waals surface area contributed by atoms with E-state index >= 15 is 0 Å². The highest BCUT2D eigenvalue weighted by molar-refractivity contribution is 6.22. The van der Waals surface area contributed by atoms with Crippen LogP contribution in [0.3, 0.4) is 0 Å². The van der Waals surface area contributed by atoms with Crippen LogP contribution >= 0.6 is 11.6 Å². The Morgan fingerprint density at radius 3 is 2.10 bits per heavy atom. The summed E-state index contributed by atoms with van der Waals surface area (Å²) < 4.78 is 0. The number of alkyl halides is 1. The minimum atomic E-state index is 0.262. The van der Waals surface area contributed by atoms with Crippen molar-refractivity contribution in [1.29, 1.82) is 0 Å². The van der Waals surface area contributed by atoms with Crippen molar-refractivity contribution in [2.24, 2.45) is 34.5 Å². The molecule has 0 bridgehead atoms. The maximum atomic E-state index is 6.12. The van der Waals surface area contributed by atoms with Gasteiger partial charge in [0, 0.05) is 0 Å². The summed E-state index contributed by atoms with van der Waals surface area (Å²) >= 11 is 6.12. The molecule has 4 aliphatic carbocycles. The molecule has 0 radical (unpaired) electrons. The van der Waals surface area contributed by atoms with Crippen molar-refractivity contribution in [3.63, 3.8) is 0 Å². The second kappa shape index (κ2) is 4.88. The van der Waals surface area contributed by atoms with Crippen LogP contribution in [0.4, 0.5) is 0 Å². The van der Waals surface area contributed by atoms with Crippen LogP contribution in [0.25, 0.3) is 0 Å². The Morgan fingerprint density at radius 2 is 1.57 bits per heavy atom. The van der Waals surface area contributed by atoms with Crippen LogP contribution in [0.5, 0.6) is 0 Å². The third kappa shape index (κ3) is 2.62. The molecule has 0 aromatic heterocycles. The molecule has 4 rings (SSSR count). The van der Waals surface area contributed by atoms with Crippen molar-refractivity contribution in [3.05, 3.63) is 23.8 Å². The van der Waals surface area contributed by atoms with Crippen molar-refractivity contribution in [3.8, 4) is 0 Å². The van der Waals surface area contributed by atoms with Gasteiger partial charge >= 0.3 is 0 Å². The molecule has 0 nitrogen and oxygen atoms in total. The van der Waals surface area contributed by atoms with E-state index < -0.39 is 0 Å². The highest BCUT2D eigenvalue weighted by Gasteiger charge is 2.59. The monoisotopic (exact) mass is 306 g/mol. The SMILES string of the molecule is C=C1C[C@H]2[C@@H](C[C@H]1Cl)C2(C)C.CC1=CC[C@@H]2[C@H](C1)C2(C)C. The molecule has 3 saturated carbocycles. The lowest BCUT2D eigenvalue weighted by Crippen LogP contribution is -2.10. The van der Waals surface area contributed by atoms with Gasteiger partial charge in [-0.05, 0) is 67.1 Å². The lowest BCUT2D eigenvalue weighted by molar-refractivity contribution is 0.537. The van der Waals surface area contributed by atoms with Gasteiger partial charge in [-0.15, -0.1) is 11.6 Å². The summed E-state index contributed by atoms with van der Waals surface area (Å²) in [6.07, 6.45) is 7.49. The number of fused-ring (bicyclic) bond motifs is 2. The van der Waals surface area contributed by atoms with E-state index in [0.717, 1.165) is 30.1 Å². The standard InChI is InChI=1S/C10H15Cl.C10H16/c1-6-4-7-8(5-9(6)11)10(7,2)3;1-7-4-5-8-9(6-7)10(8,2)3/h7-9H,1,4-5H2,2-3H3;4,8-9H,5-6H2,1-3H3/t7-,8+,9+;8-,9+/m01/s1. The Morgan fingerprint density at radius 1 is 1.00 bits per heavy atom. The fraction of sp³-hybridized carbons (Fsp3) is 0.800. The lowest BCUT2D eigenvalue weighted by Gasteiger charge is -2.16. The van der Waals surface area contributed by atoms with Crippen LogP contribution in [0, 0.1) is 34.5 Å². The average Bonchev–Trinajstić information content (AvgIpc) is 3.13. The first-order valence-electron chi connectivity index (χ1n) is 8.63. The molecule has 0 aromatic rings. The minimum absolute atomic E-state index is 0.262. The maximum Gasteiger partial charge on any atom is 0.0545 e. The molecule has 0 saturated heterocycles. The van der Waals surface area contributed by atoms with Crippen LogP contribution in [0.1, 0.15) is 60.3 Å². The van der Waals surface area contributed by atoms with E-state index in [9.17, 15) is 0 Å². The van der Waals surface area contributed by atoms with E-state index in [4.69, 9.17) is 11.6 Å². The van der Waals surface area contributed by atoms with E-state index in [2.05, 4.69) is 47.3 Å². The van der Waals surface area contributed by atoms with Gasteiger partial charge in [-0.1, -0.05) is 51.5 Å². The Hall–Kier alpha value is -0.230. The second-order valence-corrected chi connectivity index (χ2v) is 9.65. The number of hydrogen-bond acceptors (Lipinski definition) is 0. The van der Waals surface area contributed by atoms with Crippen molar-refractivity contribution in [2.75, 3.05) is 0 Å². The molecule has 0 spiro atoms. The van der Waals surface area contributed by atoms with Crippen LogP contribution < -0.4 is 0 Å². The van der Waals surface area contributed by atoms with Crippen molar-refractivity contribution in [1.82, 2.24) is 0 Å². The van der Waals surface area contributed by atoms with Crippen molar-refractivity contribution < 1.29 is 0 Å². The molecular weight excluding hydrogens is 276 g/mol. The summed E-state index contributed by atoms with van der Waals surface area (Å²) in [5.41, 5.74) is 4.12. The van der Waals surface area contributed by atoms with Crippen LogP contribution in [0.15, 0.2) is 23.8 Å². The van der Waals surface area contributed by atoms with Gasteiger partial charge in [0.2, 0.25) is 0 Å². The number of hydrogen-bond donors (Lipinski definition) is 0. The predicted molar refractivity (Wildman–Crippen MR) is 92.5 cm³/mol. The quantitative estimate of drug-likeness (QED) is 0.368. The molecule has 5 atom stereocenters. The molecule has 0 N–H and O–H groups in total. The molecule has 0 amide bonds. The Bertz CT molecular complexity index is 482. The normalized spacial score (nSPS) is 44.6. The molecular formula is C20H31Cl. The number of halogens is 1. The smallest absolute Gasteiger partial charge is 0.0545 e. The predicted octanol–water partition coefficient (Wildman–Crippen LogP) is 6.21. The van der Waals surface area contributed by atoms with Crippen LogP contribution in [-0.4, -0.2) is 5.38 Å². The van der Waals surface area contributed by atoms with E-state index in [-0.39, 0.29) is 5.38 Å². The van der Waals surface area contributed by atoms with Gasteiger partial charge in [0.25, 0.3) is 0 Å². The van der Waals surface area contributed by atoms with Gasteiger partial charge < -0.3 is 0 Å². The van der Waals surface area contributed by atoms with Crippen molar-refractivity contribution in [2.45, 2.75) is 65.7 Å². The lowest BCUT2D eigenvalue weighted by atomic mass is 9.96. The fourth-order valence-electron chi connectivity index (χ4n) is 5.02. The van der Waals surface area contributed by atoms with Gasteiger partial charge in [-0.3, -0.25) is 0 Å². The summed E-state index contributed by atoms with van der Waals surface area (Å²) in [6.45, 7) is 15.8. The zero-order chi connectivity index (χ0) is 15.6. The highest BCUT2D eigenvalue weighted by atomic mass is 35.5. The number of allylic oxidation sites excluding steroid dienone is 3. The molecule has 118 valence electrons. The minimum Gasteiger partial charge on any atom is -0.118 e. The third-order valence-electron chi connectivity index (χ3n) is 7.22. The molecule has 4 aliphatic rings. The van der Waals surface area contributed by atoms with Gasteiger partial charge in [0.15, 0.2) is 0 Å². The zero-order valence-corrected chi connectivity index (χ0v) is 15.1. The zero-order valence-electron chi connectivity index (χ0n) is 14.4. The van der Waals surface area contributed by atoms with E-state index in [1.54, 1.807) is 5.57 Å². The van der Waals surface area contributed by atoms with Gasteiger partial charge in [0.1, 0.15) is 0 Å². The molecule has 0 unspecified atom stereocenters. The highest BCUT2D eigenvalue weighted by Crippen LogP contribution is 2.66. The Kier molecular flexibility index (Phi) is 3.64. The molecule has 3 fully saturated rings. The van der Waals surface area contributed by atoms with Gasteiger partial charge in [0.05, 0.1) is 5.38 Å². The summed E-state index contributed by atoms with van der Waals surface area (Å²) in [7, 11) is 0. The third-order valence-corrected chi connectivity index (χ3v) is 7.71. The second-order valence-electron chi connectivity index (χ2n) is 9.12. The summed E-state index contributed by atoms with van der Waals surface area (Å²) in [6, 6.07) is 0. The first-order valence-corrected chi connectivity index (χ1v) is 9.06. The van der Waals surface area contributed by atoms with E-state index in [1.807, 2.05) is 0 Å². The van der Waals surface area contributed by atoms with E-state index in [1.165, 1.54) is 24.8 Å². The maximum absolute atomic E-state index is 6.12. The average molecular weight is 307 g/mol. The first kappa shape index (κ1) is 15.7. The van der Waals surface area contributed by atoms with Gasteiger partial charge in [-0.2, -0.15) is 0 Å². The number of rotatable bonds is 0. The summed E-state index contributed by atoms with van der Waals surface area (Å²) in [4.78, 5) is 0. The largest absolute Gasteiger partial charge is 0.118 e. The Balaban J connectivity index is 0.000000126. The molecule has 0 aromatic carbocycles. The summed E-state index contributed by atoms with van der Waals surface area (Å²) in [5.74, 6) is 3.83. The van der Waals surface area contributed by atoms with Crippen LogP contribution in [-0.2, 0) is 0 Å². The van der Waals surface area contributed by atoms with Crippen molar-refractivity contribution >= 4 is 11.6 Å². The Labute approximate surface area is 136 Å². The molecule has 1 heteroatoms. The molecule has 0 aliphatic heterocycles. The fourth-order valence-corrected chi connectivity index (χ4v) is 5.30. The topological polar surface area (TPSA) is 0 Å². The molecule has 0 heterocycles. The van der Waals surface area contributed by atoms with E-state index in [0.29, 0.717) is 10.8 Å². The first-order chi connectivity index (χ1) is 9.65.